The molecule has 2 amide bonds. The molecular weight excluding hydrogens is 388 g/mol. The van der Waals surface area contributed by atoms with Crippen LogP contribution in [0.4, 0.5) is 0 Å². The monoisotopic (exact) mass is 412 g/mol. The van der Waals surface area contributed by atoms with E-state index in [4.69, 9.17) is 9.47 Å². The van der Waals surface area contributed by atoms with Gasteiger partial charge in [-0.15, -0.1) is 0 Å². The minimum Gasteiger partial charge on any atom is -0.497 e. The standard InChI is InChI=1S/C22H24N2O4S/c1-27-18-5-3-15(4-6-18)13-24-19(20(28-2)22(24)26)16-7-10-23(11-8-16)21(25)17-9-12-29-14-17/h3-7,9,12,14,19-20H,8,10-11,13H2,1-2H3/t19-,20+/m0/s1. The molecule has 7 heteroatoms. The zero-order chi connectivity index (χ0) is 20.4. The number of ether oxygens (including phenoxy) is 2. The Morgan fingerprint density at radius 2 is 2.00 bits per heavy atom. The summed E-state index contributed by atoms with van der Waals surface area (Å²) in [7, 11) is 3.21. The van der Waals surface area contributed by atoms with Gasteiger partial charge < -0.3 is 19.3 Å². The van der Waals surface area contributed by atoms with Crippen molar-refractivity contribution in [3.8, 4) is 5.75 Å². The summed E-state index contributed by atoms with van der Waals surface area (Å²) in [5.41, 5.74) is 2.95. The highest BCUT2D eigenvalue weighted by Crippen LogP contribution is 2.33. The van der Waals surface area contributed by atoms with E-state index in [1.165, 1.54) is 16.9 Å². The normalized spacial score (nSPS) is 21.6. The van der Waals surface area contributed by atoms with Gasteiger partial charge in [0.25, 0.3) is 11.8 Å². The Kier molecular flexibility index (Phi) is 5.69. The van der Waals surface area contributed by atoms with E-state index in [0.29, 0.717) is 19.6 Å². The zero-order valence-corrected chi connectivity index (χ0v) is 17.4. The predicted molar refractivity (Wildman–Crippen MR) is 111 cm³/mol. The quantitative estimate of drug-likeness (QED) is 0.541. The van der Waals surface area contributed by atoms with Crippen molar-refractivity contribution < 1.29 is 19.1 Å². The highest BCUT2D eigenvalue weighted by molar-refractivity contribution is 7.08. The maximum atomic E-state index is 12.6. The van der Waals surface area contributed by atoms with Gasteiger partial charge in [-0.05, 0) is 41.1 Å². The lowest BCUT2D eigenvalue weighted by Gasteiger charge is -2.48. The lowest BCUT2D eigenvalue weighted by Crippen LogP contribution is -2.66. The van der Waals surface area contributed by atoms with Crippen LogP contribution in [0.3, 0.4) is 0 Å². The summed E-state index contributed by atoms with van der Waals surface area (Å²) in [6.07, 6.45) is 2.38. The van der Waals surface area contributed by atoms with Crippen LogP contribution in [0.25, 0.3) is 0 Å². The molecule has 6 nitrogen and oxygen atoms in total. The maximum Gasteiger partial charge on any atom is 0.255 e. The molecule has 0 N–H and O–H groups in total. The van der Waals surface area contributed by atoms with E-state index in [0.717, 1.165) is 23.3 Å². The molecule has 4 rings (SSSR count). The van der Waals surface area contributed by atoms with E-state index in [9.17, 15) is 9.59 Å². The molecule has 1 aromatic carbocycles. The minimum atomic E-state index is -0.446. The van der Waals surface area contributed by atoms with E-state index in [1.807, 2.05) is 50.9 Å². The number of hydrogen-bond donors (Lipinski definition) is 0. The second kappa shape index (κ2) is 8.39. The van der Waals surface area contributed by atoms with Gasteiger partial charge in [0.15, 0.2) is 6.10 Å². The van der Waals surface area contributed by atoms with Crippen LogP contribution in [0.2, 0.25) is 0 Å². The summed E-state index contributed by atoms with van der Waals surface area (Å²) in [4.78, 5) is 28.9. The highest BCUT2D eigenvalue weighted by atomic mass is 32.1. The van der Waals surface area contributed by atoms with Crippen molar-refractivity contribution in [2.45, 2.75) is 25.1 Å². The molecule has 0 radical (unpaired) electrons. The molecule has 2 aliphatic rings. The number of rotatable bonds is 6. The van der Waals surface area contributed by atoms with Crippen molar-refractivity contribution in [3.05, 3.63) is 63.9 Å². The fourth-order valence-corrected chi connectivity index (χ4v) is 4.58. The number of methoxy groups -OCH3 is 2. The first-order chi connectivity index (χ1) is 14.1. The molecule has 1 fully saturated rings. The fourth-order valence-electron chi connectivity index (χ4n) is 3.95. The molecule has 0 aliphatic carbocycles. The first-order valence-electron chi connectivity index (χ1n) is 9.59. The van der Waals surface area contributed by atoms with Crippen LogP contribution in [0.15, 0.2) is 52.7 Å². The third-order valence-electron chi connectivity index (χ3n) is 5.59. The molecule has 3 heterocycles. The number of nitrogens with zero attached hydrogens (tertiary/aromatic N) is 2. The summed E-state index contributed by atoms with van der Waals surface area (Å²) >= 11 is 1.53. The van der Waals surface area contributed by atoms with Gasteiger partial charge in [0.05, 0.1) is 18.7 Å². The average Bonchev–Trinajstić information content (AvgIpc) is 3.30. The average molecular weight is 413 g/mol. The predicted octanol–water partition coefficient (Wildman–Crippen LogP) is 2.96. The number of carbonyl (C=O) groups excluding carboxylic acids is 2. The molecule has 0 bridgehead atoms. The number of likely N-dealkylation sites (tertiary alicyclic amines) is 1. The Balaban J connectivity index is 1.46. The first kappa shape index (κ1) is 19.7. The molecule has 2 aromatic rings. The Labute approximate surface area is 174 Å². The molecule has 0 unspecified atom stereocenters. The zero-order valence-electron chi connectivity index (χ0n) is 16.5. The molecule has 0 saturated carbocycles. The highest BCUT2D eigenvalue weighted by Gasteiger charge is 2.49. The second-order valence-electron chi connectivity index (χ2n) is 7.21. The number of carbonyl (C=O) groups is 2. The summed E-state index contributed by atoms with van der Waals surface area (Å²) in [5.74, 6) is 0.857. The fraction of sp³-hybridized carbons (Fsp3) is 0.364. The third kappa shape index (κ3) is 3.80. The van der Waals surface area contributed by atoms with Crippen LogP contribution in [0.5, 0.6) is 5.75 Å². The SMILES string of the molecule is COc1ccc(CN2C(=O)[C@H](OC)[C@@H]2C2=CCN(C(=O)c3ccsc3)CC2)cc1. The lowest BCUT2D eigenvalue weighted by molar-refractivity contribution is -0.168. The third-order valence-corrected chi connectivity index (χ3v) is 6.28. The minimum absolute atomic E-state index is 0.00555. The number of hydrogen-bond acceptors (Lipinski definition) is 5. The van der Waals surface area contributed by atoms with Crippen LogP contribution < -0.4 is 4.74 Å². The van der Waals surface area contributed by atoms with Gasteiger partial charge in [0.1, 0.15) is 5.75 Å². The summed E-state index contributed by atoms with van der Waals surface area (Å²) in [6.45, 7) is 1.74. The molecule has 0 spiro atoms. The smallest absolute Gasteiger partial charge is 0.255 e. The van der Waals surface area contributed by atoms with Crippen molar-refractivity contribution in [3.63, 3.8) is 0 Å². The van der Waals surface area contributed by atoms with Crippen LogP contribution in [0.1, 0.15) is 22.3 Å². The molecule has 2 atom stereocenters. The summed E-state index contributed by atoms with van der Waals surface area (Å²) in [6, 6.07) is 9.52. The van der Waals surface area contributed by atoms with Gasteiger partial charge in [-0.25, -0.2) is 0 Å². The largest absolute Gasteiger partial charge is 0.497 e. The number of β-lactam (4-membered cyclic amide) rings is 1. The maximum absolute atomic E-state index is 12.6. The molecular formula is C22H24N2O4S. The number of amides is 2. The van der Waals surface area contributed by atoms with Crippen molar-refractivity contribution in [1.29, 1.82) is 0 Å². The molecule has 1 saturated heterocycles. The molecule has 152 valence electrons. The van der Waals surface area contributed by atoms with Crippen molar-refractivity contribution in [2.24, 2.45) is 0 Å². The van der Waals surface area contributed by atoms with Crippen LogP contribution in [-0.4, -0.2) is 61.1 Å². The van der Waals surface area contributed by atoms with Gasteiger partial charge in [-0.1, -0.05) is 18.2 Å². The van der Waals surface area contributed by atoms with Crippen LogP contribution >= 0.6 is 11.3 Å². The van der Waals surface area contributed by atoms with Gasteiger partial charge in [0, 0.05) is 32.1 Å². The molecule has 1 aromatic heterocycles. The Morgan fingerprint density at radius 1 is 1.21 bits per heavy atom. The van der Waals surface area contributed by atoms with E-state index >= 15 is 0 Å². The lowest BCUT2D eigenvalue weighted by atomic mass is 9.86. The van der Waals surface area contributed by atoms with Gasteiger partial charge in [-0.3, -0.25) is 9.59 Å². The number of benzene rings is 1. The van der Waals surface area contributed by atoms with Crippen molar-refractivity contribution in [2.75, 3.05) is 27.3 Å². The first-order valence-corrected chi connectivity index (χ1v) is 10.5. The summed E-state index contributed by atoms with van der Waals surface area (Å²) in [5, 5.41) is 3.79. The second-order valence-corrected chi connectivity index (χ2v) is 7.99. The van der Waals surface area contributed by atoms with Crippen molar-refractivity contribution in [1.82, 2.24) is 9.80 Å². The van der Waals surface area contributed by atoms with Crippen molar-refractivity contribution >= 4 is 23.2 Å². The van der Waals surface area contributed by atoms with Gasteiger partial charge in [0.2, 0.25) is 0 Å². The van der Waals surface area contributed by atoms with Gasteiger partial charge >= 0.3 is 0 Å². The van der Waals surface area contributed by atoms with Crippen LogP contribution in [-0.2, 0) is 16.1 Å². The Morgan fingerprint density at radius 3 is 2.59 bits per heavy atom. The molecule has 2 aliphatic heterocycles. The Bertz CT molecular complexity index is 907. The van der Waals surface area contributed by atoms with Gasteiger partial charge in [-0.2, -0.15) is 11.3 Å². The number of thiophene rings is 1. The summed E-state index contributed by atoms with van der Waals surface area (Å²) < 4.78 is 10.7. The van der Waals surface area contributed by atoms with E-state index in [-0.39, 0.29) is 17.9 Å². The topological polar surface area (TPSA) is 59.1 Å². The van der Waals surface area contributed by atoms with Crippen LogP contribution in [0, 0.1) is 0 Å². The van der Waals surface area contributed by atoms with E-state index < -0.39 is 6.10 Å². The molecule has 29 heavy (non-hydrogen) atoms. The van der Waals surface area contributed by atoms with E-state index in [2.05, 4.69) is 6.08 Å². The Hall–Kier alpha value is -2.64. The van der Waals surface area contributed by atoms with E-state index in [1.54, 1.807) is 14.2 Å².